The molecular formula is C15H21NO2. The van der Waals surface area contributed by atoms with E-state index in [0.717, 1.165) is 31.7 Å². The Bertz CT molecular complexity index is 391. The van der Waals surface area contributed by atoms with Crippen molar-refractivity contribution in [2.24, 2.45) is 0 Å². The van der Waals surface area contributed by atoms with Crippen molar-refractivity contribution in [3.63, 3.8) is 0 Å². The maximum Gasteiger partial charge on any atom is 0.222 e. The van der Waals surface area contributed by atoms with Gasteiger partial charge in [0.2, 0.25) is 5.91 Å². The summed E-state index contributed by atoms with van der Waals surface area (Å²) in [5.74, 6) is 1.18. The molecule has 3 nitrogen and oxygen atoms in total. The number of carbonyl (C=O) groups excluding carboxylic acids is 1. The maximum absolute atomic E-state index is 11.6. The third kappa shape index (κ3) is 3.25. The predicted octanol–water partition coefficient (Wildman–Crippen LogP) is 2.77. The summed E-state index contributed by atoms with van der Waals surface area (Å²) >= 11 is 0. The molecule has 3 heteroatoms. The zero-order valence-corrected chi connectivity index (χ0v) is 11.2. The second kappa shape index (κ2) is 5.89. The number of carbonyl (C=O) groups is 1. The van der Waals surface area contributed by atoms with E-state index in [4.69, 9.17) is 4.74 Å². The van der Waals surface area contributed by atoms with Gasteiger partial charge in [-0.05, 0) is 19.1 Å². The third-order valence-electron chi connectivity index (χ3n) is 3.42. The van der Waals surface area contributed by atoms with Crippen molar-refractivity contribution < 1.29 is 9.53 Å². The van der Waals surface area contributed by atoms with Gasteiger partial charge in [0.05, 0.1) is 0 Å². The first-order valence-corrected chi connectivity index (χ1v) is 6.70. The fourth-order valence-electron chi connectivity index (χ4n) is 2.26. The van der Waals surface area contributed by atoms with E-state index < -0.39 is 0 Å². The summed E-state index contributed by atoms with van der Waals surface area (Å²) < 4.78 is 5.93. The zero-order valence-electron chi connectivity index (χ0n) is 11.2. The number of likely N-dealkylation sites (tertiary alicyclic amines) is 1. The molecule has 0 bridgehead atoms. The number of benzene rings is 1. The van der Waals surface area contributed by atoms with E-state index in [1.165, 1.54) is 5.56 Å². The second-order valence-corrected chi connectivity index (χ2v) is 4.86. The van der Waals surface area contributed by atoms with Crippen molar-refractivity contribution in [2.75, 3.05) is 13.1 Å². The molecule has 1 aromatic carbocycles. The molecule has 0 aromatic heterocycles. The lowest BCUT2D eigenvalue weighted by molar-refractivity contribution is -0.132. The minimum atomic E-state index is 0.244. The summed E-state index contributed by atoms with van der Waals surface area (Å²) in [4.78, 5) is 13.5. The molecular weight excluding hydrogens is 226 g/mol. The van der Waals surface area contributed by atoms with Gasteiger partial charge in [-0.3, -0.25) is 4.79 Å². The Kier molecular flexibility index (Phi) is 4.24. The average molecular weight is 247 g/mol. The van der Waals surface area contributed by atoms with Crippen molar-refractivity contribution in [3.8, 4) is 5.75 Å². The summed E-state index contributed by atoms with van der Waals surface area (Å²) in [6, 6.07) is 8.15. The topological polar surface area (TPSA) is 29.5 Å². The highest BCUT2D eigenvalue weighted by molar-refractivity contribution is 5.75. The summed E-state index contributed by atoms with van der Waals surface area (Å²) in [5, 5.41) is 0. The molecule has 2 rings (SSSR count). The van der Waals surface area contributed by atoms with Gasteiger partial charge in [-0.25, -0.2) is 0 Å². The quantitative estimate of drug-likeness (QED) is 0.822. The number of aryl methyl sites for hydroxylation is 1. The van der Waals surface area contributed by atoms with Gasteiger partial charge in [0.1, 0.15) is 11.9 Å². The Balaban J connectivity index is 1.83. The van der Waals surface area contributed by atoms with Crippen LogP contribution < -0.4 is 4.74 Å². The van der Waals surface area contributed by atoms with Crippen molar-refractivity contribution in [1.29, 1.82) is 0 Å². The van der Waals surface area contributed by atoms with E-state index in [2.05, 4.69) is 19.1 Å². The lowest BCUT2D eigenvalue weighted by Gasteiger charge is -2.32. The first-order valence-electron chi connectivity index (χ1n) is 6.70. The molecule has 0 unspecified atom stereocenters. The van der Waals surface area contributed by atoms with Crippen molar-refractivity contribution in [1.82, 2.24) is 4.90 Å². The van der Waals surface area contributed by atoms with Crippen LogP contribution in [0.15, 0.2) is 24.3 Å². The lowest BCUT2D eigenvalue weighted by atomic mass is 10.1. The average Bonchev–Trinajstić information content (AvgIpc) is 2.41. The molecule has 0 aliphatic carbocycles. The van der Waals surface area contributed by atoms with Gasteiger partial charge in [0, 0.05) is 32.4 Å². The number of hydrogen-bond donors (Lipinski definition) is 0. The highest BCUT2D eigenvalue weighted by Gasteiger charge is 2.22. The minimum Gasteiger partial charge on any atom is -0.490 e. The van der Waals surface area contributed by atoms with Crippen LogP contribution in [0.3, 0.4) is 0 Å². The van der Waals surface area contributed by atoms with Crippen molar-refractivity contribution >= 4 is 5.91 Å². The van der Waals surface area contributed by atoms with Gasteiger partial charge in [0.15, 0.2) is 0 Å². The Morgan fingerprint density at radius 3 is 2.44 bits per heavy atom. The molecule has 0 radical (unpaired) electrons. The van der Waals surface area contributed by atoms with Crippen LogP contribution in [-0.2, 0) is 4.79 Å². The largest absolute Gasteiger partial charge is 0.490 e. The molecule has 0 spiro atoms. The van der Waals surface area contributed by atoms with Crippen LogP contribution in [0.1, 0.15) is 31.7 Å². The molecule has 1 saturated heterocycles. The van der Waals surface area contributed by atoms with Crippen LogP contribution in [0.25, 0.3) is 0 Å². The van der Waals surface area contributed by atoms with E-state index in [0.29, 0.717) is 6.42 Å². The summed E-state index contributed by atoms with van der Waals surface area (Å²) in [6.07, 6.45) is 2.71. The number of nitrogens with zero attached hydrogens (tertiary/aromatic N) is 1. The third-order valence-corrected chi connectivity index (χ3v) is 3.42. The smallest absolute Gasteiger partial charge is 0.222 e. The highest BCUT2D eigenvalue weighted by atomic mass is 16.5. The van der Waals surface area contributed by atoms with E-state index in [1.807, 2.05) is 24.0 Å². The first-order chi connectivity index (χ1) is 8.69. The van der Waals surface area contributed by atoms with Gasteiger partial charge < -0.3 is 9.64 Å². The van der Waals surface area contributed by atoms with Crippen LogP contribution in [-0.4, -0.2) is 30.0 Å². The van der Waals surface area contributed by atoms with E-state index >= 15 is 0 Å². The fourth-order valence-corrected chi connectivity index (χ4v) is 2.26. The molecule has 0 N–H and O–H groups in total. The van der Waals surface area contributed by atoms with Gasteiger partial charge in [-0.15, -0.1) is 0 Å². The molecule has 1 aliphatic heterocycles. The molecule has 1 fully saturated rings. The monoisotopic (exact) mass is 247 g/mol. The Morgan fingerprint density at radius 2 is 1.89 bits per heavy atom. The molecule has 1 aliphatic rings. The summed E-state index contributed by atoms with van der Waals surface area (Å²) in [5.41, 5.74) is 1.24. The summed E-state index contributed by atoms with van der Waals surface area (Å²) in [6.45, 7) is 5.63. The van der Waals surface area contributed by atoms with Crippen molar-refractivity contribution in [2.45, 2.75) is 39.2 Å². The van der Waals surface area contributed by atoms with Crippen LogP contribution in [0.2, 0.25) is 0 Å². The molecule has 1 heterocycles. The molecule has 1 aromatic rings. The van der Waals surface area contributed by atoms with Crippen LogP contribution >= 0.6 is 0 Å². The van der Waals surface area contributed by atoms with Gasteiger partial charge in [-0.1, -0.05) is 24.6 Å². The first kappa shape index (κ1) is 12.9. The summed E-state index contributed by atoms with van der Waals surface area (Å²) in [7, 11) is 0. The SMILES string of the molecule is CCC(=O)N1CCC(Oc2ccc(C)cc2)CC1. The van der Waals surface area contributed by atoms with Crippen LogP contribution in [0.5, 0.6) is 5.75 Å². The number of ether oxygens (including phenoxy) is 1. The lowest BCUT2D eigenvalue weighted by Crippen LogP contribution is -2.41. The van der Waals surface area contributed by atoms with E-state index in [-0.39, 0.29) is 12.0 Å². The van der Waals surface area contributed by atoms with Gasteiger partial charge >= 0.3 is 0 Å². The number of piperidine rings is 1. The molecule has 18 heavy (non-hydrogen) atoms. The van der Waals surface area contributed by atoms with Crippen molar-refractivity contribution in [3.05, 3.63) is 29.8 Å². The standard InChI is InChI=1S/C15H21NO2/c1-3-15(17)16-10-8-14(9-11-16)18-13-6-4-12(2)5-7-13/h4-7,14H,3,8-11H2,1-2H3. The number of amides is 1. The zero-order chi connectivity index (χ0) is 13.0. The van der Waals surface area contributed by atoms with Gasteiger partial charge in [0.25, 0.3) is 0 Å². The van der Waals surface area contributed by atoms with Crippen LogP contribution in [0, 0.1) is 6.92 Å². The molecule has 1 amide bonds. The molecule has 0 atom stereocenters. The number of rotatable bonds is 3. The Morgan fingerprint density at radius 1 is 1.28 bits per heavy atom. The van der Waals surface area contributed by atoms with Crippen LogP contribution in [0.4, 0.5) is 0 Å². The van der Waals surface area contributed by atoms with Gasteiger partial charge in [-0.2, -0.15) is 0 Å². The maximum atomic E-state index is 11.6. The molecule has 0 saturated carbocycles. The fraction of sp³-hybridized carbons (Fsp3) is 0.533. The van der Waals surface area contributed by atoms with E-state index in [1.54, 1.807) is 0 Å². The van der Waals surface area contributed by atoms with E-state index in [9.17, 15) is 4.79 Å². The minimum absolute atomic E-state index is 0.244. The second-order valence-electron chi connectivity index (χ2n) is 4.86. The highest BCUT2D eigenvalue weighted by Crippen LogP contribution is 2.19. The Hall–Kier alpha value is -1.51. The normalized spacial score (nSPS) is 16.7. The Labute approximate surface area is 109 Å². The predicted molar refractivity (Wildman–Crippen MR) is 71.7 cm³/mol. The molecule has 98 valence electrons. The number of hydrogen-bond acceptors (Lipinski definition) is 2.